The van der Waals surface area contributed by atoms with Crippen LogP contribution in [0.15, 0.2) is 36.4 Å². The lowest BCUT2D eigenvalue weighted by Crippen LogP contribution is -2.13. The molecular weight excluding hydrogens is 283 g/mol. The predicted molar refractivity (Wildman–Crippen MR) is 80.6 cm³/mol. The van der Waals surface area contributed by atoms with Crippen LogP contribution >= 0.6 is 0 Å². The Morgan fingerprint density at radius 3 is 2.50 bits per heavy atom. The number of hydrogen-bond acceptors (Lipinski definition) is 4. The second-order valence-electron chi connectivity index (χ2n) is 4.83. The van der Waals surface area contributed by atoms with Gasteiger partial charge in [-0.25, -0.2) is 4.39 Å². The number of aliphatic hydroxyl groups excluding tert-OH is 1. The molecule has 0 unspecified atom stereocenters. The van der Waals surface area contributed by atoms with Gasteiger partial charge in [-0.05, 0) is 35.4 Å². The Labute approximate surface area is 128 Å². The number of aliphatic hydroxyl groups is 1. The Hall–Kier alpha value is -2.42. The summed E-state index contributed by atoms with van der Waals surface area (Å²) in [5.41, 5.74) is 2.63. The molecule has 0 atom stereocenters. The molecule has 5 heteroatoms. The summed E-state index contributed by atoms with van der Waals surface area (Å²) >= 11 is 0. The van der Waals surface area contributed by atoms with Crippen LogP contribution in [0, 0.1) is 17.1 Å². The van der Waals surface area contributed by atoms with Crippen LogP contribution in [0.4, 0.5) is 4.39 Å². The van der Waals surface area contributed by atoms with E-state index in [0.29, 0.717) is 24.4 Å². The first kappa shape index (κ1) is 16.0. The van der Waals surface area contributed by atoms with Gasteiger partial charge in [-0.15, -0.1) is 0 Å². The van der Waals surface area contributed by atoms with Crippen molar-refractivity contribution in [1.82, 2.24) is 5.32 Å². The van der Waals surface area contributed by atoms with Crippen LogP contribution in [0.2, 0.25) is 0 Å². The molecule has 0 heterocycles. The maximum Gasteiger partial charge on any atom is 0.136 e. The molecule has 0 radical (unpaired) electrons. The van der Waals surface area contributed by atoms with E-state index in [2.05, 4.69) is 11.4 Å². The average Bonchev–Trinajstić information content (AvgIpc) is 2.56. The maximum absolute atomic E-state index is 13.3. The highest BCUT2D eigenvalue weighted by molar-refractivity contribution is 5.45. The first-order chi connectivity index (χ1) is 10.7. The minimum absolute atomic E-state index is 0.288. The lowest BCUT2D eigenvalue weighted by atomic mass is 10.1. The highest BCUT2D eigenvalue weighted by atomic mass is 19.1. The third-order valence-corrected chi connectivity index (χ3v) is 3.32. The van der Waals surface area contributed by atoms with Crippen molar-refractivity contribution >= 4 is 0 Å². The van der Waals surface area contributed by atoms with Crippen molar-refractivity contribution in [3.63, 3.8) is 0 Å². The summed E-state index contributed by atoms with van der Waals surface area (Å²) in [5, 5.41) is 21.3. The average molecular weight is 300 g/mol. The number of halogens is 1. The molecule has 2 rings (SSSR count). The Morgan fingerprint density at radius 1 is 1.18 bits per heavy atom. The topological polar surface area (TPSA) is 65.3 Å². The van der Waals surface area contributed by atoms with Gasteiger partial charge in [-0.2, -0.15) is 5.26 Å². The van der Waals surface area contributed by atoms with Gasteiger partial charge in [0.2, 0.25) is 0 Å². The fraction of sp³-hybridized carbons (Fsp3) is 0.235. The quantitative estimate of drug-likeness (QED) is 0.860. The van der Waals surface area contributed by atoms with E-state index in [0.717, 1.165) is 11.1 Å². The largest absolute Gasteiger partial charge is 0.495 e. The molecule has 0 bridgehead atoms. The van der Waals surface area contributed by atoms with Gasteiger partial charge >= 0.3 is 0 Å². The second-order valence-corrected chi connectivity index (χ2v) is 4.83. The van der Waals surface area contributed by atoms with Crippen LogP contribution in [0.3, 0.4) is 0 Å². The standard InChI is InChI=1S/C17H17FN2O2/c1-22-17-5-3-13(6-14(17)8-19)10-20-9-12-2-4-16(18)15(7-12)11-21/h2-7,20-21H,9-11H2,1H3. The SMILES string of the molecule is COc1ccc(CNCc2ccc(F)c(CO)c2)cc1C#N. The van der Waals surface area contributed by atoms with Crippen LogP contribution < -0.4 is 10.1 Å². The molecule has 0 spiro atoms. The van der Waals surface area contributed by atoms with E-state index < -0.39 is 5.82 Å². The van der Waals surface area contributed by atoms with Crippen molar-refractivity contribution in [2.24, 2.45) is 0 Å². The van der Waals surface area contributed by atoms with Crippen LogP contribution in [-0.4, -0.2) is 12.2 Å². The molecule has 4 nitrogen and oxygen atoms in total. The predicted octanol–water partition coefficient (Wildman–Crippen LogP) is 2.49. The van der Waals surface area contributed by atoms with Crippen LogP contribution in [0.1, 0.15) is 22.3 Å². The van der Waals surface area contributed by atoms with Gasteiger partial charge in [0.15, 0.2) is 0 Å². The van der Waals surface area contributed by atoms with Crippen molar-refractivity contribution < 1.29 is 14.2 Å². The van der Waals surface area contributed by atoms with Gasteiger partial charge in [-0.3, -0.25) is 0 Å². The number of ether oxygens (including phenoxy) is 1. The Balaban J connectivity index is 1.98. The Kier molecular flexibility index (Phi) is 5.48. The van der Waals surface area contributed by atoms with Crippen molar-refractivity contribution in [3.8, 4) is 11.8 Å². The number of hydrogen-bond donors (Lipinski definition) is 2. The summed E-state index contributed by atoms with van der Waals surface area (Å²) in [5.74, 6) is 0.150. The summed E-state index contributed by atoms with van der Waals surface area (Å²) < 4.78 is 18.4. The summed E-state index contributed by atoms with van der Waals surface area (Å²) in [7, 11) is 1.53. The van der Waals surface area contributed by atoms with Gasteiger partial charge in [0.1, 0.15) is 17.6 Å². The third kappa shape index (κ3) is 3.82. The van der Waals surface area contributed by atoms with Crippen LogP contribution in [0.25, 0.3) is 0 Å². The van der Waals surface area contributed by atoms with E-state index in [1.807, 2.05) is 6.07 Å². The number of nitrogens with one attached hydrogen (secondary N) is 1. The lowest BCUT2D eigenvalue weighted by molar-refractivity contribution is 0.275. The molecule has 0 saturated heterocycles. The minimum Gasteiger partial charge on any atom is -0.495 e. The lowest BCUT2D eigenvalue weighted by Gasteiger charge is -2.09. The first-order valence-electron chi connectivity index (χ1n) is 6.84. The molecular formula is C17H17FN2O2. The molecule has 0 aliphatic rings. The molecule has 2 N–H and O–H groups in total. The van der Waals surface area contributed by atoms with Crippen LogP contribution in [0.5, 0.6) is 5.75 Å². The fourth-order valence-corrected chi connectivity index (χ4v) is 2.16. The maximum atomic E-state index is 13.3. The Morgan fingerprint density at radius 2 is 1.86 bits per heavy atom. The zero-order valence-corrected chi connectivity index (χ0v) is 12.3. The smallest absolute Gasteiger partial charge is 0.136 e. The zero-order chi connectivity index (χ0) is 15.9. The molecule has 0 fully saturated rings. The molecule has 22 heavy (non-hydrogen) atoms. The van der Waals surface area contributed by atoms with Gasteiger partial charge in [0.25, 0.3) is 0 Å². The van der Waals surface area contributed by atoms with Gasteiger partial charge in [-0.1, -0.05) is 12.1 Å². The minimum atomic E-state index is -0.403. The van der Waals surface area contributed by atoms with Crippen molar-refractivity contribution in [3.05, 3.63) is 64.5 Å². The van der Waals surface area contributed by atoms with E-state index in [9.17, 15) is 4.39 Å². The fourth-order valence-electron chi connectivity index (χ4n) is 2.16. The number of benzene rings is 2. The number of nitriles is 1. The van der Waals surface area contributed by atoms with E-state index in [1.54, 1.807) is 24.3 Å². The zero-order valence-electron chi connectivity index (χ0n) is 12.3. The van der Waals surface area contributed by atoms with Crippen molar-refractivity contribution in [2.45, 2.75) is 19.7 Å². The van der Waals surface area contributed by atoms with Crippen molar-refractivity contribution in [2.75, 3.05) is 7.11 Å². The number of rotatable bonds is 6. The molecule has 2 aromatic carbocycles. The molecule has 0 aliphatic heterocycles. The molecule has 114 valence electrons. The van der Waals surface area contributed by atoms with E-state index in [4.69, 9.17) is 15.1 Å². The molecule has 0 aliphatic carbocycles. The first-order valence-corrected chi connectivity index (χ1v) is 6.84. The highest BCUT2D eigenvalue weighted by Gasteiger charge is 2.05. The van der Waals surface area contributed by atoms with Gasteiger partial charge in [0, 0.05) is 18.7 Å². The summed E-state index contributed by atoms with van der Waals surface area (Å²) in [6.45, 7) is 0.801. The normalized spacial score (nSPS) is 10.3. The monoisotopic (exact) mass is 300 g/mol. The molecule has 0 saturated carbocycles. The van der Waals surface area contributed by atoms with E-state index >= 15 is 0 Å². The molecule has 2 aromatic rings. The van der Waals surface area contributed by atoms with Crippen LogP contribution in [-0.2, 0) is 19.7 Å². The Bertz CT molecular complexity index is 696. The second kappa shape index (κ2) is 7.55. The van der Waals surface area contributed by atoms with E-state index in [1.165, 1.54) is 13.2 Å². The van der Waals surface area contributed by atoms with Crippen molar-refractivity contribution in [1.29, 1.82) is 5.26 Å². The molecule has 0 aromatic heterocycles. The van der Waals surface area contributed by atoms with Gasteiger partial charge in [0.05, 0.1) is 19.3 Å². The summed E-state index contributed by atoms with van der Waals surface area (Å²) in [4.78, 5) is 0. The molecule has 0 amide bonds. The summed E-state index contributed by atoms with van der Waals surface area (Å²) in [6, 6.07) is 12.2. The number of nitrogens with zero attached hydrogens (tertiary/aromatic N) is 1. The highest BCUT2D eigenvalue weighted by Crippen LogP contribution is 2.18. The third-order valence-electron chi connectivity index (χ3n) is 3.32. The van der Waals surface area contributed by atoms with Gasteiger partial charge < -0.3 is 15.2 Å². The summed E-state index contributed by atoms with van der Waals surface area (Å²) in [6.07, 6.45) is 0. The number of methoxy groups -OCH3 is 1. The van der Waals surface area contributed by atoms with E-state index in [-0.39, 0.29) is 12.2 Å².